The summed E-state index contributed by atoms with van der Waals surface area (Å²) >= 11 is 0. The van der Waals surface area contributed by atoms with Crippen LogP contribution in [0, 0.1) is 18.3 Å². The molecule has 0 bridgehead atoms. The van der Waals surface area contributed by atoms with Gasteiger partial charge in [-0.25, -0.2) is 4.79 Å². The number of Topliss-reactive ketones (excluding diaryl/α,β-unsaturated/α-hetero) is 1. The standard InChI is InChI=1S/C31H43N3O5/c1-21-14-16-23(17-15-21)32-28(37)31-19-22(31)11-8-6-5-7-9-12-24(33-29(38)39-30(2,3)4)27(36)34-18-10-13-25(34)26(35)20-31/h8,11,14-17,22,24-25H,5-7,9-10,12-13,18-20H2,1-4H3,(H,32,37)(H,33,38)/b11-8-/t22-,24+,25+,31-/m1/s1. The fourth-order valence-electron chi connectivity index (χ4n) is 5.77. The summed E-state index contributed by atoms with van der Waals surface area (Å²) in [5, 5.41) is 5.81. The van der Waals surface area contributed by atoms with Gasteiger partial charge in [0.25, 0.3) is 0 Å². The Morgan fingerprint density at radius 2 is 1.77 bits per heavy atom. The number of nitrogens with zero attached hydrogens (tertiary/aromatic N) is 1. The summed E-state index contributed by atoms with van der Waals surface area (Å²) in [5.41, 5.74) is 0.337. The van der Waals surface area contributed by atoms with Crippen molar-refractivity contribution in [3.8, 4) is 0 Å². The van der Waals surface area contributed by atoms with Gasteiger partial charge >= 0.3 is 6.09 Å². The summed E-state index contributed by atoms with van der Waals surface area (Å²) in [6.07, 6.45) is 9.60. The number of allylic oxidation sites excluding steroid dienone is 2. The summed E-state index contributed by atoms with van der Waals surface area (Å²) in [5.74, 6) is -0.458. The predicted octanol–water partition coefficient (Wildman–Crippen LogP) is 5.30. The minimum Gasteiger partial charge on any atom is -0.444 e. The Kier molecular flexibility index (Phi) is 8.82. The number of hydrogen-bond donors (Lipinski definition) is 2. The number of alkyl carbamates (subject to hydrolysis) is 1. The maximum atomic E-state index is 13.7. The number of rotatable bonds is 3. The lowest BCUT2D eigenvalue weighted by atomic mass is 9.91. The third kappa shape index (κ3) is 7.28. The molecular formula is C31H43N3O5. The molecule has 0 spiro atoms. The maximum absolute atomic E-state index is 13.7. The molecule has 1 saturated carbocycles. The van der Waals surface area contributed by atoms with Gasteiger partial charge in [-0.3, -0.25) is 14.4 Å². The topological polar surface area (TPSA) is 105 Å². The smallest absolute Gasteiger partial charge is 0.408 e. The van der Waals surface area contributed by atoms with Crippen molar-refractivity contribution in [2.45, 2.75) is 103 Å². The van der Waals surface area contributed by atoms with Crippen molar-refractivity contribution in [1.29, 1.82) is 0 Å². The Morgan fingerprint density at radius 3 is 2.49 bits per heavy atom. The Hall–Kier alpha value is -3.16. The zero-order valence-corrected chi connectivity index (χ0v) is 23.8. The highest BCUT2D eigenvalue weighted by atomic mass is 16.6. The molecule has 2 fully saturated rings. The van der Waals surface area contributed by atoms with E-state index in [4.69, 9.17) is 4.74 Å². The van der Waals surface area contributed by atoms with Crippen LogP contribution in [0.3, 0.4) is 0 Å². The van der Waals surface area contributed by atoms with Gasteiger partial charge in [0, 0.05) is 18.7 Å². The van der Waals surface area contributed by atoms with Gasteiger partial charge in [-0.15, -0.1) is 0 Å². The van der Waals surface area contributed by atoms with Crippen molar-refractivity contribution in [3.63, 3.8) is 0 Å². The average molecular weight is 538 g/mol. The SMILES string of the molecule is Cc1ccc(NC(=O)[C@]23CC(=O)[C@@H]4CCCN4C(=O)[C@@H](NC(=O)OC(C)(C)C)CCCCC/C=C\[C@@H]2C3)cc1. The number of ether oxygens (including phenoxy) is 1. The van der Waals surface area contributed by atoms with Crippen molar-refractivity contribution in [2.24, 2.45) is 11.3 Å². The van der Waals surface area contributed by atoms with E-state index < -0.39 is 29.2 Å². The molecule has 0 aromatic heterocycles. The maximum Gasteiger partial charge on any atom is 0.408 e. The lowest BCUT2D eigenvalue weighted by Gasteiger charge is -2.30. The molecule has 0 radical (unpaired) electrons. The lowest BCUT2D eigenvalue weighted by Crippen LogP contribution is -2.52. The Morgan fingerprint density at radius 1 is 1.03 bits per heavy atom. The minimum atomic E-state index is -0.801. The molecule has 4 rings (SSSR count). The molecule has 3 amide bonds. The summed E-state index contributed by atoms with van der Waals surface area (Å²) in [6, 6.07) is 6.31. The highest BCUT2D eigenvalue weighted by Crippen LogP contribution is 2.57. The number of carbonyl (C=O) groups excluding carboxylic acids is 4. The number of hydrogen-bond acceptors (Lipinski definition) is 5. The third-order valence-corrected chi connectivity index (χ3v) is 8.01. The first kappa shape index (κ1) is 28.8. The number of anilines is 1. The molecule has 8 heteroatoms. The van der Waals surface area contributed by atoms with Crippen LogP contribution in [-0.2, 0) is 19.1 Å². The Bertz CT molecular complexity index is 1110. The van der Waals surface area contributed by atoms with E-state index in [-0.39, 0.29) is 29.9 Å². The molecule has 39 heavy (non-hydrogen) atoms. The van der Waals surface area contributed by atoms with E-state index in [2.05, 4.69) is 22.8 Å². The summed E-state index contributed by atoms with van der Waals surface area (Å²) < 4.78 is 5.42. The highest BCUT2D eigenvalue weighted by molar-refractivity contribution is 6.02. The molecular weight excluding hydrogens is 494 g/mol. The molecule has 8 nitrogen and oxygen atoms in total. The normalized spacial score (nSPS) is 28.8. The number of amides is 3. The van der Waals surface area contributed by atoms with Crippen molar-refractivity contribution >= 4 is 29.4 Å². The molecule has 3 aliphatic rings. The number of ketones is 1. The highest BCUT2D eigenvalue weighted by Gasteiger charge is 2.60. The number of aryl methyl sites for hydroxylation is 1. The first-order valence-corrected chi connectivity index (χ1v) is 14.4. The molecule has 1 aromatic carbocycles. The molecule has 2 N–H and O–H groups in total. The van der Waals surface area contributed by atoms with Crippen LogP contribution in [0.4, 0.5) is 10.5 Å². The Labute approximate surface area is 231 Å². The summed E-state index contributed by atoms with van der Waals surface area (Å²) in [6.45, 7) is 7.80. The van der Waals surface area contributed by atoms with E-state index in [1.54, 1.807) is 25.7 Å². The summed E-state index contributed by atoms with van der Waals surface area (Å²) in [7, 11) is 0. The zero-order valence-electron chi connectivity index (χ0n) is 23.8. The molecule has 2 heterocycles. The van der Waals surface area contributed by atoms with Crippen LogP contribution >= 0.6 is 0 Å². The minimum absolute atomic E-state index is 0.00386. The first-order chi connectivity index (χ1) is 18.5. The number of benzene rings is 1. The molecule has 1 saturated heterocycles. The Balaban J connectivity index is 1.54. The zero-order chi connectivity index (χ0) is 28.2. The number of carbonyl (C=O) groups is 4. The van der Waals surface area contributed by atoms with E-state index in [1.165, 1.54) is 0 Å². The quantitative estimate of drug-likeness (QED) is 0.509. The lowest BCUT2D eigenvalue weighted by molar-refractivity contribution is -0.140. The van der Waals surface area contributed by atoms with Crippen molar-refractivity contribution < 1.29 is 23.9 Å². The van der Waals surface area contributed by atoms with Gasteiger partial charge in [0.2, 0.25) is 11.8 Å². The van der Waals surface area contributed by atoms with Crippen molar-refractivity contribution in [1.82, 2.24) is 10.2 Å². The van der Waals surface area contributed by atoms with Crippen LogP contribution in [0.2, 0.25) is 0 Å². The molecule has 1 aromatic rings. The molecule has 0 unspecified atom stereocenters. The van der Waals surface area contributed by atoms with Gasteiger partial charge in [-0.05, 0) is 84.3 Å². The van der Waals surface area contributed by atoms with Gasteiger partial charge < -0.3 is 20.3 Å². The van der Waals surface area contributed by atoms with Crippen LogP contribution in [0.5, 0.6) is 0 Å². The van der Waals surface area contributed by atoms with Crippen LogP contribution < -0.4 is 10.6 Å². The number of nitrogens with one attached hydrogen (secondary N) is 2. The summed E-state index contributed by atoms with van der Waals surface area (Å²) in [4.78, 5) is 55.2. The fourth-order valence-corrected chi connectivity index (χ4v) is 5.77. The van der Waals surface area contributed by atoms with Crippen LogP contribution in [0.25, 0.3) is 0 Å². The van der Waals surface area contributed by atoms with Crippen molar-refractivity contribution in [2.75, 3.05) is 11.9 Å². The van der Waals surface area contributed by atoms with Gasteiger partial charge in [-0.2, -0.15) is 0 Å². The monoisotopic (exact) mass is 537 g/mol. The fraction of sp³-hybridized carbons (Fsp3) is 0.613. The second-order valence-electron chi connectivity index (χ2n) is 12.4. The van der Waals surface area contributed by atoms with E-state index in [0.29, 0.717) is 37.9 Å². The van der Waals surface area contributed by atoms with Crippen molar-refractivity contribution in [3.05, 3.63) is 42.0 Å². The average Bonchev–Trinajstić information content (AvgIpc) is 3.32. The molecule has 1 aliphatic carbocycles. The number of fused-ring (bicyclic) bond motifs is 2. The van der Waals surface area contributed by atoms with E-state index >= 15 is 0 Å². The van der Waals surface area contributed by atoms with E-state index in [9.17, 15) is 19.2 Å². The van der Waals surface area contributed by atoms with Crippen LogP contribution in [-0.4, -0.2) is 52.8 Å². The van der Waals surface area contributed by atoms with Gasteiger partial charge in [0.15, 0.2) is 5.78 Å². The largest absolute Gasteiger partial charge is 0.444 e. The molecule has 212 valence electrons. The molecule has 4 atom stereocenters. The third-order valence-electron chi connectivity index (χ3n) is 8.01. The second-order valence-corrected chi connectivity index (χ2v) is 12.4. The van der Waals surface area contributed by atoms with E-state index in [1.807, 2.05) is 31.2 Å². The van der Waals surface area contributed by atoms with Crippen LogP contribution in [0.1, 0.15) is 84.1 Å². The predicted molar refractivity (Wildman–Crippen MR) is 150 cm³/mol. The van der Waals surface area contributed by atoms with Crippen LogP contribution in [0.15, 0.2) is 36.4 Å². The molecule has 2 aliphatic heterocycles. The van der Waals surface area contributed by atoms with Gasteiger partial charge in [-0.1, -0.05) is 42.7 Å². The van der Waals surface area contributed by atoms with Gasteiger partial charge in [0.1, 0.15) is 11.6 Å². The van der Waals surface area contributed by atoms with Gasteiger partial charge in [0.05, 0.1) is 11.5 Å². The second kappa shape index (κ2) is 11.9. The first-order valence-electron chi connectivity index (χ1n) is 14.4. The van der Waals surface area contributed by atoms with E-state index in [0.717, 1.165) is 31.2 Å².